The number of carbonyl (C=O) groups is 1. The molecule has 5 nitrogen and oxygen atoms in total. The van der Waals surface area contributed by atoms with Crippen molar-refractivity contribution in [2.45, 2.75) is 72.1 Å². The van der Waals surface area contributed by atoms with Crippen LogP contribution in [0.1, 0.15) is 48.0 Å². The van der Waals surface area contributed by atoms with Gasteiger partial charge >= 0.3 is 5.97 Å². The van der Waals surface area contributed by atoms with Crippen LogP contribution in [-0.4, -0.2) is 42.3 Å². The van der Waals surface area contributed by atoms with Gasteiger partial charge in [-0.1, -0.05) is 33.8 Å². The summed E-state index contributed by atoms with van der Waals surface area (Å²) in [5.41, 5.74) is -0.453. The van der Waals surface area contributed by atoms with Crippen molar-refractivity contribution < 1.29 is 24.1 Å². The van der Waals surface area contributed by atoms with Gasteiger partial charge in [-0.3, -0.25) is 4.79 Å². The molecule has 0 aromatic carbocycles. The molecule has 1 rings (SSSR count). The minimum absolute atomic E-state index is 0.0468. The van der Waals surface area contributed by atoms with E-state index < -0.39 is 17.3 Å². The molecule has 0 aromatic heterocycles. The van der Waals surface area contributed by atoms with Crippen LogP contribution in [0.25, 0.3) is 0 Å². The van der Waals surface area contributed by atoms with Crippen molar-refractivity contribution >= 4 is 5.97 Å². The average Bonchev–Trinajstić information content (AvgIpc) is 2.48. The van der Waals surface area contributed by atoms with E-state index in [-0.39, 0.29) is 36.4 Å². The molecule has 1 heterocycles. The van der Waals surface area contributed by atoms with Gasteiger partial charge in [-0.05, 0) is 13.8 Å². The van der Waals surface area contributed by atoms with Crippen LogP contribution in [0.2, 0.25) is 0 Å². The maximum absolute atomic E-state index is 11.7. The quantitative estimate of drug-likeness (QED) is 0.600. The zero-order valence-corrected chi connectivity index (χ0v) is 15.5. The lowest BCUT2D eigenvalue weighted by Crippen LogP contribution is -2.60. The Kier molecular flexibility index (Phi) is 6.41. The number of methoxy groups -OCH3 is 1. The van der Waals surface area contributed by atoms with Gasteiger partial charge in [0.2, 0.25) is 0 Å². The van der Waals surface area contributed by atoms with Crippen LogP contribution in [0.3, 0.4) is 0 Å². The maximum atomic E-state index is 11.7. The van der Waals surface area contributed by atoms with Crippen LogP contribution in [-0.2, 0) is 19.0 Å². The molecular weight excluding hydrogens is 296 g/mol. The Morgan fingerprint density at radius 3 is 2.35 bits per heavy atom. The largest absolute Gasteiger partial charge is 0.469 e. The van der Waals surface area contributed by atoms with Crippen LogP contribution in [0.4, 0.5) is 0 Å². The molecule has 0 amide bonds. The number of rotatable bonds is 6. The lowest BCUT2D eigenvalue weighted by molar-refractivity contribution is -0.353. The molecule has 1 saturated heterocycles. The summed E-state index contributed by atoms with van der Waals surface area (Å²) in [4.78, 5) is 11.7. The fourth-order valence-electron chi connectivity index (χ4n) is 3.28. The van der Waals surface area contributed by atoms with E-state index in [0.717, 1.165) is 0 Å². The zero-order valence-electron chi connectivity index (χ0n) is 15.5. The molecule has 0 aromatic rings. The third-order valence-electron chi connectivity index (χ3n) is 4.91. The third-order valence-corrected chi connectivity index (χ3v) is 4.91. The zero-order chi connectivity index (χ0) is 18.0. The summed E-state index contributed by atoms with van der Waals surface area (Å²) >= 11 is 0. The standard InChI is InChI=1S/C18H32O5/c1-9-11(2)15(20)12(3)16-17(4,5)13(10-14(19)21-8)22-18(6,7)23-16/h9,11-13,15-16,20H,1,10H2,2-8H3/t11-,12+,13-,15-,16-/m0/s1. The first-order valence-electron chi connectivity index (χ1n) is 8.19. The Hall–Kier alpha value is -0.910. The van der Waals surface area contributed by atoms with Gasteiger partial charge < -0.3 is 19.3 Å². The van der Waals surface area contributed by atoms with Crippen molar-refractivity contribution in [3.8, 4) is 0 Å². The van der Waals surface area contributed by atoms with Crippen molar-refractivity contribution in [2.75, 3.05) is 7.11 Å². The van der Waals surface area contributed by atoms with E-state index in [4.69, 9.17) is 14.2 Å². The van der Waals surface area contributed by atoms with Gasteiger partial charge in [0.05, 0.1) is 31.8 Å². The van der Waals surface area contributed by atoms with Crippen LogP contribution < -0.4 is 0 Å². The summed E-state index contributed by atoms with van der Waals surface area (Å²) in [6.07, 6.45) is 0.706. The van der Waals surface area contributed by atoms with Crippen molar-refractivity contribution in [3.05, 3.63) is 12.7 Å². The molecule has 0 saturated carbocycles. The molecule has 0 spiro atoms. The molecule has 1 N–H and O–H groups in total. The van der Waals surface area contributed by atoms with Crippen LogP contribution in [0.15, 0.2) is 12.7 Å². The minimum atomic E-state index is -0.829. The topological polar surface area (TPSA) is 65.0 Å². The van der Waals surface area contributed by atoms with Crippen LogP contribution in [0, 0.1) is 17.3 Å². The second kappa shape index (κ2) is 7.32. The van der Waals surface area contributed by atoms with Gasteiger partial charge in [-0.15, -0.1) is 6.58 Å². The number of aliphatic hydroxyl groups excluding tert-OH is 1. The predicted octanol–water partition coefficient (Wildman–Crippen LogP) is 2.91. The normalized spacial score (nSPS) is 30.1. The number of hydrogen-bond acceptors (Lipinski definition) is 5. The van der Waals surface area contributed by atoms with E-state index in [1.807, 2.05) is 41.5 Å². The van der Waals surface area contributed by atoms with Gasteiger partial charge in [0, 0.05) is 17.3 Å². The molecule has 5 heteroatoms. The van der Waals surface area contributed by atoms with Gasteiger partial charge in [-0.2, -0.15) is 0 Å². The molecular formula is C18H32O5. The Morgan fingerprint density at radius 1 is 1.30 bits per heavy atom. The molecule has 134 valence electrons. The highest BCUT2D eigenvalue weighted by Gasteiger charge is 2.52. The van der Waals surface area contributed by atoms with Crippen molar-refractivity contribution in [1.29, 1.82) is 0 Å². The number of carbonyl (C=O) groups excluding carboxylic acids is 1. The number of esters is 1. The van der Waals surface area contributed by atoms with Crippen molar-refractivity contribution in [3.63, 3.8) is 0 Å². The molecule has 0 radical (unpaired) electrons. The van der Waals surface area contributed by atoms with E-state index in [2.05, 4.69) is 6.58 Å². The molecule has 0 unspecified atom stereocenters. The summed E-state index contributed by atoms with van der Waals surface area (Å²) in [6, 6.07) is 0. The first-order chi connectivity index (χ1) is 10.5. The third kappa shape index (κ3) is 4.55. The number of aliphatic hydroxyl groups is 1. The summed E-state index contributed by atoms with van der Waals surface area (Å²) in [5.74, 6) is -1.33. The molecule has 23 heavy (non-hydrogen) atoms. The van der Waals surface area contributed by atoms with Crippen molar-refractivity contribution in [1.82, 2.24) is 0 Å². The average molecular weight is 328 g/mol. The number of hydrogen-bond donors (Lipinski definition) is 1. The summed E-state index contributed by atoms with van der Waals surface area (Å²) in [6.45, 7) is 15.3. The monoisotopic (exact) mass is 328 g/mol. The Labute approximate surface area is 140 Å². The second-order valence-electron chi connectivity index (χ2n) is 7.59. The first-order valence-corrected chi connectivity index (χ1v) is 8.19. The summed E-state index contributed by atoms with van der Waals surface area (Å²) < 4.78 is 16.9. The molecule has 1 aliphatic rings. The van der Waals surface area contributed by atoms with E-state index in [1.165, 1.54) is 7.11 Å². The van der Waals surface area contributed by atoms with Crippen molar-refractivity contribution in [2.24, 2.45) is 17.3 Å². The molecule has 1 aliphatic heterocycles. The Balaban J connectivity index is 3.08. The maximum Gasteiger partial charge on any atom is 0.308 e. The highest BCUT2D eigenvalue weighted by atomic mass is 16.7. The van der Waals surface area contributed by atoms with Gasteiger partial charge in [-0.25, -0.2) is 0 Å². The van der Waals surface area contributed by atoms with E-state index in [9.17, 15) is 9.90 Å². The van der Waals surface area contributed by atoms with Gasteiger partial charge in [0.15, 0.2) is 5.79 Å². The molecule has 0 bridgehead atoms. The lowest BCUT2D eigenvalue weighted by Gasteiger charge is -2.53. The molecule has 1 fully saturated rings. The minimum Gasteiger partial charge on any atom is -0.469 e. The predicted molar refractivity (Wildman–Crippen MR) is 88.8 cm³/mol. The SMILES string of the molecule is C=C[C@H](C)[C@H](O)[C@@H](C)[C@@H]1OC(C)(C)O[C@@H](CC(=O)OC)C1(C)C. The number of ether oxygens (including phenoxy) is 3. The van der Waals surface area contributed by atoms with Crippen LogP contribution in [0.5, 0.6) is 0 Å². The lowest BCUT2D eigenvalue weighted by atomic mass is 9.71. The summed E-state index contributed by atoms with van der Waals surface area (Å²) in [7, 11) is 1.37. The van der Waals surface area contributed by atoms with E-state index >= 15 is 0 Å². The summed E-state index contributed by atoms with van der Waals surface area (Å²) in [5, 5.41) is 10.6. The van der Waals surface area contributed by atoms with E-state index in [1.54, 1.807) is 6.08 Å². The molecule has 0 aliphatic carbocycles. The fraction of sp³-hybridized carbons (Fsp3) is 0.833. The van der Waals surface area contributed by atoms with Gasteiger partial charge in [0.25, 0.3) is 0 Å². The van der Waals surface area contributed by atoms with Crippen LogP contribution >= 0.6 is 0 Å². The Morgan fingerprint density at radius 2 is 1.87 bits per heavy atom. The fourth-order valence-corrected chi connectivity index (χ4v) is 3.28. The second-order valence-corrected chi connectivity index (χ2v) is 7.59. The Bertz CT molecular complexity index is 429. The molecule has 5 atom stereocenters. The first kappa shape index (κ1) is 20.1. The smallest absolute Gasteiger partial charge is 0.308 e. The van der Waals surface area contributed by atoms with Gasteiger partial charge in [0.1, 0.15) is 0 Å². The highest BCUT2D eigenvalue weighted by molar-refractivity contribution is 5.69. The highest BCUT2D eigenvalue weighted by Crippen LogP contribution is 2.45. The van der Waals surface area contributed by atoms with E-state index in [0.29, 0.717) is 0 Å².